The Hall–Kier alpha value is -9.12. The molecule has 34 N–H and O–H groups in total. The average Bonchev–Trinajstić information content (AvgIpc) is 0.952. The molecular weight excluding hydrogens is 1220 g/mol. The first-order valence-corrected chi connectivity index (χ1v) is 31.8. The zero-order valence-electron chi connectivity index (χ0n) is 53.7. The number of hydrogen-bond donors (Lipinski definition) is 22. The maximum Gasteiger partial charge on any atom is 0.243 e. The fourth-order valence-electron chi connectivity index (χ4n) is 9.60. The van der Waals surface area contributed by atoms with Crippen molar-refractivity contribution in [2.45, 2.75) is 183 Å². The van der Waals surface area contributed by atoms with Gasteiger partial charge in [0.15, 0.2) is 17.9 Å². The van der Waals surface area contributed by atoms with Crippen LogP contribution in [0.1, 0.15) is 127 Å². The molecule has 0 radical (unpaired) electrons. The van der Waals surface area contributed by atoms with Gasteiger partial charge in [-0.1, -0.05) is 24.3 Å². The van der Waals surface area contributed by atoms with Crippen molar-refractivity contribution in [1.82, 2.24) is 42.5 Å². The molecular formula is C60H105N23O11. The van der Waals surface area contributed by atoms with Crippen LogP contribution in [-0.4, -0.2) is 181 Å². The topological polar surface area (TPSA) is 640 Å². The molecule has 0 aromatic heterocycles. The summed E-state index contributed by atoms with van der Waals surface area (Å²) in [7, 11) is 0. The van der Waals surface area contributed by atoms with Gasteiger partial charge in [0, 0.05) is 32.5 Å². The summed E-state index contributed by atoms with van der Waals surface area (Å²) in [5.41, 5.74) is 68.9. The van der Waals surface area contributed by atoms with Crippen LogP contribution < -0.4 is 111 Å². The fraction of sp³-hybridized carbons (Fsp3) is 0.600. The first-order valence-electron chi connectivity index (χ1n) is 31.8. The van der Waals surface area contributed by atoms with E-state index in [9.17, 15) is 53.4 Å². The number of carbonyl (C=O) groups is 9. The summed E-state index contributed by atoms with van der Waals surface area (Å²) in [6, 6.07) is -0.358. The number of hydrogen-bond acceptors (Lipinski definition) is 19. The van der Waals surface area contributed by atoms with Crippen LogP contribution in [-0.2, 0) is 56.0 Å². The van der Waals surface area contributed by atoms with Crippen LogP contribution in [0.5, 0.6) is 11.5 Å². The molecule has 0 saturated heterocycles. The van der Waals surface area contributed by atoms with Crippen LogP contribution in [0.4, 0.5) is 0 Å². The van der Waals surface area contributed by atoms with E-state index in [4.69, 9.17) is 68.8 Å². The molecule has 9 atom stereocenters. The molecule has 2 rings (SSSR count). The second kappa shape index (κ2) is 46.0. The third-order valence-corrected chi connectivity index (χ3v) is 14.8. The van der Waals surface area contributed by atoms with Crippen LogP contribution in [0.25, 0.3) is 0 Å². The van der Waals surface area contributed by atoms with Crippen molar-refractivity contribution in [1.29, 1.82) is 0 Å². The Morgan fingerprint density at radius 1 is 0.319 bits per heavy atom. The zero-order valence-corrected chi connectivity index (χ0v) is 53.7. The number of primary amides is 1. The smallest absolute Gasteiger partial charge is 0.243 e. The third-order valence-electron chi connectivity index (χ3n) is 14.8. The lowest BCUT2D eigenvalue weighted by Crippen LogP contribution is -2.61. The monoisotopic (exact) mass is 1320 g/mol. The maximum absolute atomic E-state index is 14.9. The van der Waals surface area contributed by atoms with Gasteiger partial charge in [-0.15, -0.1) is 0 Å². The molecule has 0 fully saturated rings. The van der Waals surface area contributed by atoms with Crippen LogP contribution in [0.3, 0.4) is 0 Å². The van der Waals surface area contributed by atoms with Crippen molar-refractivity contribution in [3.63, 3.8) is 0 Å². The van der Waals surface area contributed by atoms with Gasteiger partial charge in [0.05, 0.1) is 6.04 Å². The van der Waals surface area contributed by atoms with Crippen molar-refractivity contribution < 1.29 is 53.4 Å². The number of nitrogens with two attached hydrogens (primary N) is 12. The second-order valence-corrected chi connectivity index (χ2v) is 22.7. The SMILES string of the molecule is NCCCCC(NC(=O)C(CCCN=C(N)N)NC(=O)C(CCCN=C(N)N)NC(=O)C(Cc1ccc(O)cc1)NC(=O)C(CCCCN)NC(=O)C(Cc1ccc(O)cc1)NC(=O)C(CCCCN)NC(=O)C(CCCCN)NC(=O)[C@@H](N)CCCN=C(N)N)C(N)=O. The molecule has 0 aliphatic carbocycles. The molecule has 2 aromatic rings. The predicted molar refractivity (Wildman–Crippen MR) is 358 cm³/mol. The molecule has 0 bridgehead atoms. The average molecular weight is 1320 g/mol. The highest BCUT2D eigenvalue weighted by Crippen LogP contribution is 2.16. The molecule has 34 nitrogen and oxygen atoms in total. The minimum Gasteiger partial charge on any atom is -0.508 e. The Morgan fingerprint density at radius 2 is 0.553 bits per heavy atom. The van der Waals surface area contributed by atoms with Crippen molar-refractivity contribution in [2.24, 2.45) is 83.8 Å². The highest BCUT2D eigenvalue weighted by Gasteiger charge is 2.35. The van der Waals surface area contributed by atoms with Gasteiger partial charge in [0.25, 0.3) is 0 Å². The summed E-state index contributed by atoms with van der Waals surface area (Å²) < 4.78 is 0. The Morgan fingerprint density at radius 3 is 0.830 bits per heavy atom. The number of aromatic hydroxyl groups is 2. The van der Waals surface area contributed by atoms with E-state index >= 15 is 0 Å². The van der Waals surface area contributed by atoms with Gasteiger partial charge in [-0.05, 0) is 177 Å². The number of nitrogens with zero attached hydrogens (tertiary/aromatic N) is 3. The van der Waals surface area contributed by atoms with E-state index in [2.05, 4.69) is 57.5 Å². The first-order chi connectivity index (χ1) is 44.8. The summed E-state index contributed by atoms with van der Waals surface area (Å²) in [6.45, 7) is 1.33. The summed E-state index contributed by atoms with van der Waals surface area (Å²) in [4.78, 5) is 140. The van der Waals surface area contributed by atoms with Crippen LogP contribution in [0.15, 0.2) is 63.5 Å². The van der Waals surface area contributed by atoms with E-state index in [0.717, 1.165) is 0 Å². The van der Waals surface area contributed by atoms with Crippen molar-refractivity contribution in [3.05, 3.63) is 59.7 Å². The van der Waals surface area contributed by atoms with Crippen LogP contribution >= 0.6 is 0 Å². The second-order valence-electron chi connectivity index (χ2n) is 22.7. The standard InChI is InChI=1S/C60H105N23O11/c61-27-5-1-13-41(49(66)86)76-51(88)45(17-10-32-74-59(69)70)79-53(90)46(18-11-33-75-60(71)72)81-57(94)48(35-37-21-25-39(85)26-22-37)83-55(92)44(16-4-8-30-64)80-56(93)47(34-36-19-23-38(84)24-20-36)82-54(91)43(15-3-7-29-63)78-52(89)42(14-2-6-28-62)77-50(87)40(65)12-9-31-73-58(67)68/h19-26,40-48,84-85H,1-18,27-35,61-65H2,(H2,66,86)(H,76,88)(H,77,87)(H,78,89)(H,79,90)(H,80,93)(H,81,94)(H,82,91)(H,83,92)(H4,67,68,73)(H4,69,70,74)(H4,71,72,75)/t40-,41?,42?,43?,44?,45?,46?,47?,48?/m0/s1. The summed E-state index contributed by atoms with van der Waals surface area (Å²) in [6.07, 6.45) is 3.76. The van der Waals surface area contributed by atoms with Crippen LogP contribution in [0, 0.1) is 0 Å². The van der Waals surface area contributed by atoms with E-state index in [1.807, 2.05) is 0 Å². The van der Waals surface area contributed by atoms with Crippen molar-refractivity contribution in [2.75, 3.05) is 45.8 Å². The van der Waals surface area contributed by atoms with Crippen molar-refractivity contribution >= 4 is 71.0 Å². The largest absolute Gasteiger partial charge is 0.508 e. The van der Waals surface area contributed by atoms with Gasteiger partial charge >= 0.3 is 0 Å². The molecule has 0 aliphatic heterocycles. The molecule has 526 valence electrons. The quantitative estimate of drug-likeness (QED) is 0.0167. The maximum atomic E-state index is 14.9. The van der Waals surface area contributed by atoms with Gasteiger partial charge in [0.2, 0.25) is 53.2 Å². The molecule has 0 spiro atoms. The number of rotatable bonds is 49. The van der Waals surface area contributed by atoms with Crippen molar-refractivity contribution in [3.8, 4) is 11.5 Å². The van der Waals surface area contributed by atoms with Gasteiger partial charge in [-0.3, -0.25) is 58.1 Å². The molecule has 9 amide bonds. The van der Waals surface area contributed by atoms with E-state index in [1.165, 1.54) is 48.5 Å². The number of phenols is 2. The normalized spacial score (nSPS) is 13.8. The lowest BCUT2D eigenvalue weighted by Gasteiger charge is -2.28. The van der Waals surface area contributed by atoms with E-state index < -0.39 is 108 Å². The minimum absolute atomic E-state index is 0.000447. The number of nitrogens with one attached hydrogen (secondary N) is 8. The minimum atomic E-state index is -1.52. The zero-order chi connectivity index (χ0) is 70.0. The Labute approximate surface area is 548 Å². The van der Waals surface area contributed by atoms with Gasteiger partial charge in [0.1, 0.15) is 59.8 Å². The Bertz CT molecular complexity index is 2750. The van der Waals surface area contributed by atoms with Gasteiger partial charge in [-0.2, -0.15) is 0 Å². The lowest BCUT2D eigenvalue weighted by atomic mass is 10.0. The van der Waals surface area contributed by atoms with E-state index in [0.29, 0.717) is 75.6 Å². The lowest BCUT2D eigenvalue weighted by molar-refractivity contribution is -0.136. The number of amides is 9. The van der Waals surface area contributed by atoms with E-state index in [-0.39, 0.29) is 139 Å². The summed E-state index contributed by atoms with van der Waals surface area (Å²) >= 11 is 0. The van der Waals surface area contributed by atoms with Gasteiger partial charge < -0.3 is 122 Å². The summed E-state index contributed by atoms with van der Waals surface area (Å²) in [5.74, 6) is -8.13. The molecule has 34 heteroatoms. The molecule has 0 saturated carbocycles. The molecule has 94 heavy (non-hydrogen) atoms. The number of carbonyl (C=O) groups excluding carboxylic acids is 9. The number of aliphatic imine (C=N–C) groups is 3. The third kappa shape index (κ3) is 34.0. The number of guanidine groups is 3. The Kier molecular flexibility index (Phi) is 39.7. The highest BCUT2D eigenvalue weighted by molar-refractivity contribution is 5.98. The molecule has 8 unspecified atom stereocenters. The molecule has 2 aromatic carbocycles. The first kappa shape index (κ1) is 81.0. The Balaban J connectivity index is 2.68. The number of benzene rings is 2. The number of unbranched alkanes of at least 4 members (excludes halogenated alkanes) is 4. The number of phenolic OH excluding ortho intramolecular Hbond substituents is 2. The summed E-state index contributed by atoms with van der Waals surface area (Å²) in [5, 5.41) is 42.0. The van der Waals surface area contributed by atoms with Crippen LogP contribution in [0.2, 0.25) is 0 Å². The predicted octanol–water partition coefficient (Wildman–Crippen LogP) is -5.75. The highest BCUT2D eigenvalue weighted by atomic mass is 16.3. The molecule has 0 heterocycles. The molecule has 0 aliphatic rings. The fourth-order valence-corrected chi connectivity index (χ4v) is 9.60. The van der Waals surface area contributed by atoms with E-state index in [1.54, 1.807) is 0 Å². The van der Waals surface area contributed by atoms with Gasteiger partial charge in [-0.25, -0.2) is 0 Å².